The summed E-state index contributed by atoms with van der Waals surface area (Å²) in [6.07, 6.45) is 5.44. The summed E-state index contributed by atoms with van der Waals surface area (Å²) in [5.74, 6) is 2.09. The molecular weight excluding hydrogens is 292 g/mol. The van der Waals surface area contributed by atoms with Crippen molar-refractivity contribution in [3.63, 3.8) is 0 Å². The lowest BCUT2D eigenvalue weighted by molar-refractivity contribution is -0.121. The molecule has 0 aromatic heterocycles. The molecule has 0 heterocycles. The maximum atomic E-state index is 12.9. The number of hydrogen-bond donors (Lipinski definition) is 0. The number of benzene rings is 1. The van der Waals surface area contributed by atoms with E-state index in [9.17, 15) is 4.79 Å². The second-order valence-corrected chi connectivity index (χ2v) is 5.55. The zero-order chi connectivity index (χ0) is 16.9. The summed E-state index contributed by atoms with van der Waals surface area (Å²) in [5.41, 5.74) is 0.314. The standard InChI is InChI=1S/C19H24O4/c1-5-10-19(11-9-15(23-6-2)13-18(19)20)14-7-8-16(21-3)17(12-14)22-4/h5,7-8,12-13H,1,6,9-11H2,2-4H3/t19-/m0/s1. The molecule has 0 saturated heterocycles. The molecule has 4 heteroatoms. The Bertz CT molecular complexity index is 618. The molecule has 0 aliphatic heterocycles. The van der Waals surface area contributed by atoms with E-state index in [1.165, 1.54) is 0 Å². The molecule has 23 heavy (non-hydrogen) atoms. The largest absolute Gasteiger partial charge is 0.498 e. The van der Waals surface area contributed by atoms with Crippen LogP contribution < -0.4 is 9.47 Å². The zero-order valence-electron chi connectivity index (χ0n) is 14.1. The normalized spacial score (nSPS) is 20.7. The highest BCUT2D eigenvalue weighted by molar-refractivity contribution is 6.00. The van der Waals surface area contributed by atoms with Crippen molar-refractivity contribution in [2.75, 3.05) is 20.8 Å². The molecule has 4 nitrogen and oxygen atoms in total. The van der Waals surface area contributed by atoms with Crippen LogP contribution >= 0.6 is 0 Å². The number of ether oxygens (including phenoxy) is 3. The molecule has 0 spiro atoms. The fourth-order valence-corrected chi connectivity index (χ4v) is 3.10. The first-order valence-corrected chi connectivity index (χ1v) is 7.82. The van der Waals surface area contributed by atoms with Crippen LogP contribution in [-0.4, -0.2) is 26.6 Å². The lowest BCUT2D eigenvalue weighted by atomic mass is 9.68. The molecule has 1 aliphatic rings. The second kappa shape index (κ2) is 7.36. The van der Waals surface area contributed by atoms with Crippen molar-refractivity contribution < 1.29 is 19.0 Å². The lowest BCUT2D eigenvalue weighted by Crippen LogP contribution is -2.37. The minimum absolute atomic E-state index is 0.0549. The van der Waals surface area contributed by atoms with Gasteiger partial charge >= 0.3 is 0 Å². The third-order valence-corrected chi connectivity index (χ3v) is 4.32. The Morgan fingerprint density at radius 3 is 2.57 bits per heavy atom. The molecule has 1 aromatic rings. The molecule has 2 rings (SSSR count). The number of rotatable bonds is 7. The molecule has 0 saturated carbocycles. The fraction of sp³-hybridized carbons (Fsp3) is 0.421. The predicted octanol–water partition coefficient (Wildman–Crippen LogP) is 3.80. The highest BCUT2D eigenvalue weighted by atomic mass is 16.5. The van der Waals surface area contributed by atoms with Crippen LogP contribution in [0.15, 0.2) is 42.7 Å². The van der Waals surface area contributed by atoms with Crippen LogP contribution in [0.4, 0.5) is 0 Å². The van der Waals surface area contributed by atoms with Crippen LogP contribution in [0.2, 0.25) is 0 Å². The molecule has 0 bridgehead atoms. The Morgan fingerprint density at radius 2 is 2.00 bits per heavy atom. The average Bonchev–Trinajstić information content (AvgIpc) is 2.57. The van der Waals surface area contributed by atoms with Crippen LogP contribution in [0.3, 0.4) is 0 Å². The van der Waals surface area contributed by atoms with Crippen LogP contribution in [-0.2, 0) is 14.9 Å². The van der Waals surface area contributed by atoms with E-state index in [2.05, 4.69) is 6.58 Å². The van der Waals surface area contributed by atoms with Gasteiger partial charge in [-0.2, -0.15) is 0 Å². The lowest BCUT2D eigenvalue weighted by Gasteiger charge is -2.35. The molecule has 0 radical (unpaired) electrons. The van der Waals surface area contributed by atoms with E-state index in [-0.39, 0.29) is 5.78 Å². The van der Waals surface area contributed by atoms with Gasteiger partial charge in [-0.3, -0.25) is 4.79 Å². The molecule has 0 N–H and O–H groups in total. The topological polar surface area (TPSA) is 44.8 Å². The minimum atomic E-state index is -0.609. The van der Waals surface area contributed by atoms with Crippen LogP contribution in [0.1, 0.15) is 31.7 Å². The highest BCUT2D eigenvalue weighted by Crippen LogP contribution is 2.42. The van der Waals surface area contributed by atoms with E-state index < -0.39 is 5.41 Å². The van der Waals surface area contributed by atoms with Gasteiger partial charge in [0.05, 0.1) is 32.0 Å². The summed E-state index contributed by atoms with van der Waals surface area (Å²) in [6.45, 7) is 6.33. The van der Waals surface area contributed by atoms with Crippen molar-refractivity contribution >= 4 is 5.78 Å². The van der Waals surface area contributed by atoms with Crippen molar-refractivity contribution in [2.24, 2.45) is 0 Å². The minimum Gasteiger partial charge on any atom is -0.498 e. The van der Waals surface area contributed by atoms with E-state index in [1.807, 2.05) is 25.1 Å². The van der Waals surface area contributed by atoms with Gasteiger partial charge in [0.1, 0.15) is 0 Å². The van der Waals surface area contributed by atoms with Gasteiger partial charge < -0.3 is 14.2 Å². The molecule has 1 atom stereocenters. The third kappa shape index (κ3) is 3.26. The van der Waals surface area contributed by atoms with E-state index in [4.69, 9.17) is 14.2 Å². The maximum absolute atomic E-state index is 12.9. The highest BCUT2D eigenvalue weighted by Gasteiger charge is 2.41. The molecule has 0 amide bonds. The van der Waals surface area contributed by atoms with Crippen LogP contribution in [0.5, 0.6) is 11.5 Å². The van der Waals surface area contributed by atoms with Crippen molar-refractivity contribution in [2.45, 2.75) is 31.6 Å². The number of ketones is 1. The smallest absolute Gasteiger partial charge is 0.169 e. The summed E-state index contributed by atoms with van der Waals surface area (Å²) >= 11 is 0. The third-order valence-electron chi connectivity index (χ3n) is 4.32. The fourth-order valence-electron chi connectivity index (χ4n) is 3.10. The van der Waals surface area contributed by atoms with E-state index in [0.717, 1.165) is 17.7 Å². The second-order valence-electron chi connectivity index (χ2n) is 5.55. The first kappa shape index (κ1) is 17.1. The Labute approximate surface area is 137 Å². The Hall–Kier alpha value is -2.23. The Kier molecular flexibility index (Phi) is 5.48. The zero-order valence-corrected chi connectivity index (χ0v) is 14.1. The van der Waals surface area contributed by atoms with E-state index >= 15 is 0 Å². The van der Waals surface area contributed by atoms with E-state index in [1.54, 1.807) is 26.4 Å². The molecule has 124 valence electrons. The SMILES string of the molecule is C=CC[C@@]1(c2ccc(OC)c(OC)c2)CCC(OCC)=CC1=O. The Balaban J connectivity index is 2.46. The van der Waals surface area contributed by atoms with Gasteiger partial charge in [-0.15, -0.1) is 6.58 Å². The quantitative estimate of drug-likeness (QED) is 0.718. The van der Waals surface area contributed by atoms with E-state index in [0.29, 0.717) is 30.9 Å². The van der Waals surface area contributed by atoms with Gasteiger partial charge in [-0.05, 0) is 37.5 Å². The number of carbonyl (C=O) groups is 1. The summed E-state index contributed by atoms with van der Waals surface area (Å²) in [5, 5.41) is 0. The van der Waals surface area contributed by atoms with Crippen molar-refractivity contribution in [1.29, 1.82) is 0 Å². The number of hydrogen-bond acceptors (Lipinski definition) is 4. The number of carbonyl (C=O) groups excluding carboxylic acids is 1. The van der Waals surface area contributed by atoms with Crippen molar-refractivity contribution in [3.05, 3.63) is 48.3 Å². The molecule has 1 aliphatic carbocycles. The molecule has 1 aromatic carbocycles. The molecule has 0 fully saturated rings. The van der Waals surface area contributed by atoms with Gasteiger partial charge in [0.2, 0.25) is 0 Å². The van der Waals surface area contributed by atoms with Crippen molar-refractivity contribution in [1.82, 2.24) is 0 Å². The molecule has 0 unspecified atom stereocenters. The molecular formula is C19H24O4. The average molecular weight is 316 g/mol. The first-order chi connectivity index (χ1) is 11.1. The van der Waals surface area contributed by atoms with Gasteiger partial charge in [0.15, 0.2) is 17.3 Å². The van der Waals surface area contributed by atoms with Crippen LogP contribution in [0, 0.1) is 0 Å². The maximum Gasteiger partial charge on any atom is 0.169 e. The summed E-state index contributed by atoms with van der Waals surface area (Å²) in [4.78, 5) is 12.9. The van der Waals surface area contributed by atoms with Crippen molar-refractivity contribution in [3.8, 4) is 11.5 Å². The Morgan fingerprint density at radius 1 is 1.26 bits per heavy atom. The van der Waals surface area contributed by atoms with Gasteiger partial charge in [0, 0.05) is 12.5 Å². The van der Waals surface area contributed by atoms with Crippen LogP contribution in [0.25, 0.3) is 0 Å². The first-order valence-electron chi connectivity index (χ1n) is 7.82. The summed E-state index contributed by atoms with van der Waals surface area (Å²) < 4.78 is 16.2. The summed E-state index contributed by atoms with van der Waals surface area (Å²) in [6, 6.07) is 5.66. The monoisotopic (exact) mass is 316 g/mol. The number of allylic oxidation sites excluding steroid dienone is 3. The van der Waals surface area contributed by atoms with Gasteiger partial charge in [-0.25, -0.2) is 0 Å². The van der Waals surface area contributed by atoms with Gasteiger partial charge in [0.25, 0.3) is 0 Å². The summed E-state index contributed by atoms with van der Waals surface area (Å²) in [7, 11) is 3.19. The predicted molar refractivity (Wildman–Crippen MR) is 90.0 cm³/mol. The number of methoxy groups -OCH3 is 2. The van der Waals surface area contributed by atoms with Gasteiger partial charge in [-0.1, -0.05) is 12.1 Å².